The van der Waals surface area contributed by atoms with Crippen LogP contribution in [0.3, 0.4) is 0 Å². The Morgan fingerprint density at radius 1 is 1.19 bits per heavy atom. The lowest BCUT2D eigenvalue weighted by Crippen LogP contribution is -2.38. The average molecular weight is 279 g/mol. The van der Waals surface area contributed by atoms with Crippen LogP contribution in [0.25, 0.3) is 0 Å². The van der Waals surface area contributed by atoms with Crippen LogP contribution in [0.4, 0.5) is 5.69 Å². The molecule has 2 heteroatoms. The minimum absolute atomic E-state index is 0.197. The zero-order valence-electron chi connectivity index (χ0n) is 12.7. The number of hydrogen-bond donors (Lipinski definition) is 0. The molecule has 21 heavy (non-hydrogen) atoms. The molecular formula is C19H21NO. The molecule has 2 nitrogen and oxygen atoms in total. The summed E-state index contributed by atoms with van der Waals surface area (Å²) in [6.45, 7) is 5.69. The SMILES string of the molecule is Cc1cccc(C(=O)CN2CC(C)Cc3ccccc32)c1. The third-order valence-corrected chi connectivity index (χ3v) is 4.11. The summed E-state index contributed by atoms with van der Waals surface area (Å²) in [7, 11) is 0. The molecule has 0 saturated heterocycles. The molecule has 1 unspecified atom stereocenters. The Balaban J connectivity index is 1.83. The number of rotatable bonds is 3. The first-order valence-electron chi connectivity index (χ1n) is 7.56. The molecule has 1 heterocycles. The highest BCUT2D eigenvalue weighted by Crippen LogP contribution is 2.29. The predicted octanol–water partition coefficient (Wildman–Crippen LogP) is 3.88. The Morgan fingerprint density at radius 3 is 2.81 bits per heavy atom. The van der Waals surface area contributed by atoms with Gasteiger partial charge in [-0.05, 0) is 37.0 Å². The van der Waals surface area contributed by atoms with E-state index >= 15 is 0 Å². The normalized spacial score (nSPS) is 17.4. The fourth-order valence-corrected chi connectivity index (χ4v) is 3.14. The average Bonchev–Trinajstić information content (AvgIpc) is 2.47. The Labute approximate surface area is 126 Å². The fraction of sp³-hybridized carbons (Fsp3) is 0.316. The first-order valence-corrected chi connectivity index (χ1v) is 7.56. The maximum Gasteiger partial charge on any atom is 0.182 e. The third kappa shape index (κ3) is 2.99. The van der Waals surface area contributed by atoms with Gasteiger partial charge in [-0.2, -0.15) is 0 Å². The molecule has 2 aromatic rings. The number of carbonyl (C=O) groups is 1. The van der Waals surface area contributed by atoms with Crippen molar-refractivity contribution in [3.05, 3.63) is 65.2 Å². The minimum atomic E-state index is 0.197. The van der Waals surface area contributed by atoms with Crippen molar-refractivity contribution >= 4 is 11.5 Å². The third-order valence-electron chi connectivity index (χ3n) is 4.11. The molecule has 0 saturated carbocycles. The van der Waals surface area contributed by atoms with Crippen LogP contribution in [0.15, 0.2) is 48.5 Å². The van der Waals surface area contributed by atoms with Gasteiger partial charge in [0.2, 0.25) is 0 Å². The molecule has 0 amide bonds. The number of hydrogen-bond acceptors (Lipinski definition) is 2. The molecule has 0 spiro atoms. The van der Waals surface area contributed by atoms with Gasteiger partial charge in [-0.15, -0.1) is 0 Å². The van der Waals surface area contributed by atoms with E-state index in [4.69, 9.17) is 0 Å². The number of ketones is 1. The lowest BCUT2D eigenvalue weighted by molar-refractivity contribution is 0.0998. The molecule has 0 N–H and O–H groups in total. The molecule has 2 aromatic carbocycles. The summed E-state index contributed by atoms with van der Waals surface area (Å²) in [5.41, 5.74) is 4.52. The van der Waals surface area contributed by atoms with Crippen LogP contribution in [-0.2, 0) is 6.42 Å². The highest BCUT2D eigenvalue weighted by Gasteiger charge is 2.23. The second-order valence-electron chi connectivity index (χ2n) is 6.11. The van der Waals surface area contributed by atoms with Crippen LogP contribution in [0.5, 0.6) is 0 Å². The Bertz CT molecular complexity index is 662. The molecule has 0 aliphatic carbocycles. The van der Waals surface area contributed by atoms with Crippen LogP contribution in [0.1, 0.15) is 28.4 Å². The topological polar surface area (TPSA) is 20.3 Å². The van der Waals surface area contributed by atoms with E-state index in [-0.39, 0.29) is 5.78 Å². The van der Waals surface area contributed by atoms with E-state index in [1.807, 2.05) is 31.2 Å². The highest BCUT2D eigenvalue weighted by molar-refractivity contribution is 5.99. The minimum Gasteiger partial charge on any atom is -0.363 e. The largest absolute Gasteiger partial charge is 0.363 e. The van der Waals surface area contributed by atoms with E-state index in [2.05, 4.69) is 36.1 Å². The van der Waals surface area contributed by atoms with Gasteiger partial charge in [0.15, 0.2) is 5.78 Å². The van der Waals surface area contributed by atoms with Gasteiger partial charge in [0, 0.05) is 17.8 Å². The number of anilines is 1. The van der Waals surface area contributed by atoms with Crippen molar-refractivity contribution in [3.63, 3.8) is 0 Å². The van der Waals surface area contributed by atoms with Gasteiger partial charge in [0.25, 0.3) is 0 Å². The summed E-state index contributed by atoms with van der Waals surface area (Å²) < 4.78 is 0. The number of nitrogens with zero attached hydrogens (tertiary/aromatic N) is 1. The number of aryl methyl sites for hydroxylation is 1. The highest BCUT2D eigenvalue weighted by atomic mass is 16.1. The van der Waals surface area contributed by atoms with E-state index in [1.165, 1.54) is 11.3 Å². The monoisotopic (exact) mass is 279 g/mol. The first kappa shape index (κ1) is 13.9. The molecular weight excluding hydrogens is 258 g/mol. The van der Waals surface area contributed by atoms with Gasteiger partial charge < -0.3 is 4.90 Å². The molecule has 0 radical (unpaired) electrons. The number of para-hydroxylation sites is 1. The van der Waals surface area contributed by atoms with Crippen molar-refractivity contribution in [2.24, 2.45) is 5.92 Å². The van der Waals surface area contributed by atoms with Gasteiger partial charge >= 0.3 is 0 Å². The zero-order chi connectivity index (χ0) is 14.8. The van der Waals surface area contributed by atoms with Crippen molar-refractivity contribution in [1.82, 2.24) is 0 Å². The molecule has 0 bridgehead atoms. The second-order valence-corrected chi connectivity index (χ2v) is 6.11. The van der Waals surface area contributed by atoms with Crippen molar-refractivity contribution in [1.29, 1.82) is 0 Å². The lowest BCUT2D eigenvalue weighted by Gasteiger charge is -2.34. The number of Topliss-reactive ketones (excluding diaryl/α,β-unsaturated/α-hetero) is 1. The molecule has 1 aliphatic heterocycles. The van der Waals surface area contributed by atoms with E-state index in [0.29, 0.717) is 12.5 Å². The van der Waals surface area contributed by atoms with Crippen LogP contribution in [-0.4, -0.2) is 18.9 Å². The molecule has 3 rings (SSSR count). The standard InChI is InChI=1S/C19H21NO/c1-14-6-5-8-17(10-14)19(21)13-20-12-15(2)11-16-7-3-4-9-18(16)20/h3-10,15H,11-13H2,1-2H3. The van der Waals surface area contributed by atoms with Crippen LogP contribution < -0.4 is 4.90 Å². The van der Waals surface area contributed by atoms with Crippen molar-refractivity contribution in [2.45, 2.75) is 20.3 Å². The Morgan fingerprint density at radius 2 is 2.00 bits per heavy atom. The summed E-state index contributed by atoms with van der Waals surface area (Å²) >= 11 is 0. The summed E-state index contributed by atoms with van der Waals surface area (Å²) in [5, 5.41) is 0. The van der Waals surface area contributed by atoms with Gasteiger partial charge in [-0.25, -0.2) is 0 Å². The summed E-state index contributed by atoms with van der Waals surface area (Å²) in [6.07, 6.45) is 1.10. The molecule has 1 atom stereocenters. The smallest absolute Gasteiger partial charge is 0.182 e. The van der Waals surface area contributed by atoms with Crippen molar-refractivity contribution in [2.75, 3.05) is 18.0 Å². The molecule has 0 fully saturated rings. The maximum atomic E-state index is 12.5. The zero-order valence-corrected chi connectivity index (χ0v) is 12.7. The van der Waals surface area contributed by atoms with Gasteiger partial charge in [-0.3, -0.25) is 4.79 Å². The lowest BCUT2D eigenvalue weighted by atomic mass is 9.93. The maximum absolute atomic E-state index is 12.5. The van der Waals surface area contributed by atoms with E-state index < -0.39 is 0 Å². The second kappa shape index (κ2) is 5.72. The van der Waals surface area contributed by atoms with Gasteiger partial charge in [0.05, 0.1) is 6.54 Å². The summed E-state index contributed by atoms with van der Waals surface area (Å²) in [4.78, 5) is 14.8. The molecule has 0 aromatic heterocycles. The van der Waals surface area contributed by atoms with Crippen LogP contribution >= 0.6 is 0 Å². The van der Waals surface area contributed by atoms with Crippen molar-refractivity contribution in [3.8, 4) is 0 Å². The number of benzene rings is 2. The molecule has 108 valence electrons. The van der Waals surface area contributed by atoms with E-state index in [1.54, 1.807) is 0 Å². The quantitative estimate of drug-likeness (QED) is 0.795. The van der Waals surface area contributed by atoms with E-state index in [9.17, 15) is 4.79 Å². The van der Waals surface area contributed by atoms with Crippen molar-refractivity contribution < 1.29 is 4.79 Å². The first-order chi connectivity index (χ1) is 10.1. The number of carbonyl (C=O) groups excluding carboxylic acids is 1. The predicted molar refractivity (Wildman–Crippen MR) is 87.0 cm³/mol. The fourth-order valence-electron chi connectivity index (χ4n) is 3.14. The summed E-state index contributed by atoms with van der Waals surface area (Å²) in [6, 6.07) is 16.3. The van der Waals surface area contributed by atoms with Crippen LogP contribution in [0.2, 0.25) is 0 Å². The Hall–Kier alpha value is -2.09. The van der Waals surface area contributed by atoms with Gasteiger partial charge in [0.1, 0.15) is 0 Å². The van der Waals surface area contributed by atoms with Crippen LogP contribution in [0, 0.1) is 12.8 Å². The summed E-state index contributed by atoms with van der Waals surface area (Å²) in [5.74, 6) is 0.785. The molecule has 1 aliphatic rings. The van der Waals surface area contributed by atoms with E-state index in [0.717, 1.165) is 24.1 Å². The van der Waals surface area contributed by atoms with Gasteiger partial charge in [-0.1, -0.05) is 48.9 Å². The Kier molecular flexibility index (Phi) is 3.78. The number of fused-ring (bicyclic) bond motifs is 1.